The number of hydrogen-bond acceptors (Lipinski definition) is 5. The molecule has 2 heterocycles. The minimum Gasteiger partial charge on any atom is -0.475 e. The summed E-state index contributed by atoms with van der Waals surface area (Å²) in [7, 11) is 2.18. The normalized spacial score (nSPS) is 24.5. The van der Waals surface area contributed by atoms with Gasteiger partial charge in [-0.1, -0.05) is 0 Å². The molecule has 1 fully saturated rings. The van der Waals surface area contributed by atoms with Crippen molar-refractivity contribution in [2.75, 3.05) is 18.9 Å². The average molecular weight is 264 g/mol. The van der Waals surface area contributed by atoms with Crippen molar-refractivity contribution < 1.29 is 4.74 Å². The molecule has 2 atom stereocenters. The summed E-state index contributed by atoms with van der Waals surface area (Å²) >= 11 is 0. The predicted molar refractivity (Wildman–Crippen MR) is 76.5 cm³/mol. The molecule has 1 aromatic heterocycles. The number of hydrogen-bond donors (Lipinski definition) is 1. The number of piperidine rings is 1. The van der Waals surface area contributed by atoms with Crippen LogP contribution in [0.1, 0.15) is 33.6 Å². The van der Waals surface area contributed by atoms with Gasteiger partial charge >= 0.3 is 0 Å². The summed E-state index contributed by atoms with van der Waals surface area (Å²) in [5, 5.41) is 3.42. The van der Waals surface area contributed by atoms with Crippen LogP contribution in [0.2, 0.25) is 0 Å². The highest BCUT2D eigenvalue weighted by atomic mass is 16.5. The third-order valence-corrected chi connectivity index (χ3v) is 3.53. The van der Waals surface area contributed by atoms with Gasteiger partial charge in [0, 0.05) is 30.9 Å². The van der Waals surface area contributed by atoms with Gasteiger partial charge < -0.3 is 15.0 Å². The van der Waals surface area contributed by atoms with Gasteiger partial charge in [0.25, 0.3) is 0 Å². The Labute approximate surface area is 115 Å². The van der Waals surface area contributed by atoms with Gasteiger partial charge in [0.2, 0.25) is 11.8 Å². The first kappa shape index (κ1) is 14.1. The van der Waals surface area contributed by atoms with E-state index in [1.807, 2.05) is 13.8 Å². The standard InChI is InChI=1S/C14H24N4O/c1-10(2)19-13-5-7-15-14(17-13)16-12-6-8-18(4)11(3)9-12/h5,7,10-12H,6,8-9H2,1-4H3,(H,15,16,17). The van der Waals surface area contributed by atoms with E-state index in [-0.39, 0.29) is 6.10 Å². The van der Waals surface area contributed by atoms with Gasteiger partial charge in [-0.15, -0.1) is 0 Å². The summed E-state index contributed by atoms with van der Waals surface area (Å²) in [6, 6.07) is 2.84. The fourth-order valence-corrected chi connectivity index (χ4v) is 2.32. The molecule has 0 aromatic carbocycles. The fraction of sp³-hybridized carbons (Fsp3) is 0.714. The lowest BCUT2D eigenvalue weighted by atomic mass is 9.99. The van der Waals surface area contributed by atoms with E-state index >= 15 is 0 Å². The third-order valence-electron chi connectivity index (χ3n) is 3.53. The van der Waals surface area contributed by atoms with Gasteiger partial charge in [-0.25, -0.2) is 4.98 Å². The molecule has 0 aliphatic carbocycles. The van der Waals surface area contributed by atoms with Gasteiger partial charge in [-0.3, -0.25) is 0 Å². The molecule has 0 spiro atoms. The molecule has 1 N–H and O–H groups in total. The third kappa shape index (κ3) is 4.06. The second kappa shape index (κ2) is 6.19. The minimum absolute atomic E-state index is 0.131. The topological polar surface area (TPSA) is 50.3 Å². The summed E-state index contributed by atoms with van der Waals surface area (Å²) in [5.74, 6) is 1.30. The second-order valence-electron chi connectivity index (χ2n) is 5.58. The van der Waals surface area contributed by atoms with E-state index in [1.165, 1.54) is 0 Å². The molecule has 0 radical (unpaired) electrons. The molecule has 19 heavy (non-hydrogen) atoms. The van der Waals surface area contributed by atoms with Crippen molar-refractivity contribution in [1.29, 1.82) is 0 Å². The zero-order chi connectivity index (χ0) is 13.8. The monoisotopic (exact) mass is 264 g/mol. The Bertz CT molecular complexity index is 410. The first-order valence-electron chi connectivity index (χ1n) is 7.01. The van der Waals surface area contributed by atoms with Crippen LogP contribution in [0.15, 0.2) is 12.3 Å². The first-order chi connectivity index (χ1) is 9.04. The van der Waals surface area contributed by atoms with Crippen molar-refractivity contribution in [2.45, 2.75) is 51.8 Å². The van der Waals surface area contributed by atoms with Crippen molar-refractivity contribution >= 4 is 5.95 Å². The Balaban J connectivity index is 1.95. The van der Waals surface area contributed by atoms with Crippen LogP contribution >= 0.6 is 0 Å². The van der Waals surface area contributed by atoms with Gasteiger partial charge in [-0.05, 0) is 40.7 Å². The molecule has 106 valence electrons. The van der Waals surface area contributed by atoms with Gasteiger partial charge in [-0.2, -0.15) is 4.98 Å². The number of likely N-dealkylation sites (tertiary alicyclic amines) is 1. The lowest BCUT2D eigenvalue weighted by Crippen LogP contribution is -2.42. The quantitative estimate of drug-likeness (QED) is 0.903. The molecule has 0 amide bonds. The Morgan fingerprint density at radius 1 is 1.47 bits per heavy atom. The first-order valence-corrected chi connectivity index (χ1v) is 7.01. The van der Waals surface area contributed by atoms with E-state index in [9.17, 15) is 0 Å². The number of aromatic nitrogens is 2. The van der Waals surface area contributed by atoms with E-state index in [4.69, 9.17) is 4.74 Å². The van der Waals surface area contributed by atoms with Crippen LogP contribution in [-0.4, -0.2) is 46.6 Å². The molecule has 2 unspecified atom stereocenters. The maximum Gasteiger partial charge on any atom is 0.226 e. The molecule has 1 aliphatic rings. The fourth-order valence-electron chi connectivity index (χ4n) is 2.32. The Kier molecular flexibility index (Phi) is 4.58. The minimum atomic E-state index is 0.131. The van der Waals surface area contributed by atoms with Crippen LogP contribution in [-0.2, 0) is 0 Å². The zero-order valence-corrected chi connectivity index (χ0v) is 12.3. The Morgan fingerprint density at radius 2 is 2.26 bits per heavy atom. The SMILES string of the molecule is CC(C)Oc1ccnc(NC2CCN(C)C(C)C2)n1. The number of nitrogens with zero attached hydrogens (tertiary/aromatic N) is 3. The number of ether oxygens (including phenoxy) is 1. The average Bonchev–Trinajstić information content (AvgIpc) is 2.33. The van der Waals surface area contributed by atoms with E-state index in [0.717, 1.165) is 19.4 Å². The van der Waals surface area contributed by atoms with E-state index in [0.29, 0.717) is 23.9 Å². The molecule has 0 bridgehead atoms. The van der Waals surface area contributed by atoms with Crippen molar-refractivity contribution in [3.8, 4) is 5.88 Å². The van der Waals surface area contributed by atoms with Crippen molar-refractivity contribution in [2.24, 2.45) is 0 Å². The maximum atomic E-state index is 5.58. The summed E-state index contributed by atoms with van der Waals surface area (Å²) in [5.41, 5.74) is 0. The summed E-state index contributed by atoms with van der Waals surface area (Å²) in [4.78, 5) is 11.0. The number of anilines is 1. The summed E-state index contributed by atoms with van der Waals surface area (Å²) in [6.45, 7) is 7.36. The molecule has 0 saturated carbocycles. The van der Waals surface area contributed by atoms with Crippen molar-refractivity contribution in [3.05, 3.63) is 12.3 Å². The van der Waals surface area contributed by atoms with Gasteiger partial charge in [0.1, 0.15) is 0 Å². The largest absolute Gasteiger partial charge is 0.475 e. The zero-order valence-electron chi connectivity index (χ0n) is 12.3. The van der Waals surface area contributed by atoms with E-state index in [2.05, 4.69) is 34.2 Å². The molecule has 1 aliphatic heterocycles. The molecular weight excluding hydrogens is 240 g/mol. The highest BCUT2D eigenvalue weighted by Gasteiger charge is 2.23. The maximum absolute atomic E-state index is 5.58. The highest BCUT2D eigenvalue weighted by Crippen LogP contribution is 2.19. The van der Waals surface area contributed by atoms with Gasteiger partial charge in [0.05, 0.1) is 6.10 Å². The second-order valence-corrected chi connectivity index (χ2v) is 5.58. The van der Waals surface area contributed by atoms with E-state index < -0.39 is 0 Å². The lowest BCUT2D eigenvalue weighted by molar-refractivity contribution is 0.189. The van der Waals surface area contributed by atoms with Crippen LogP contribution in [0.25, 0.3) is 0 Å². The van der Waals surface area contributed by atoms with Crippen molar-refractivity contribution in [3.63, 3.8) is 0 Å². The number of rotatable bonds is 4. The molecule has 1 saturated heterocycles. The Morgan fingerprint density at radius 3 is 2.95 bits per heavy atom. The van der Waals surface area contributed by atoms with E-state index in [1.54, 1.807) is 12.3 Å². The van der Waals surface area contributed by atoms with Crippen LogP contribution in [0.4, 0.5) is 5.95 Å². The molecule has 1 aromatic rings. The smallest absolute Gasteiger partial charge is 0.226 e. The molecular formula is C14H24N4O. The lowest BCUT2D eigenvalue weighted by Gasteiger charge is -2.35. The molecule has 5 nitrogen and oxygen atoms in total. The molecule has 2 rings (SSSR count). The molecule has 5 heteroatoms. The van der Waals surface area contributed by atoms with Crippen LogP contribution in [0.5, 0.6) is 5.88 Å². The van der Waals surface area contributed by atoms with Crippen molar-refractivity contribution in [1.82, 2.24) is 14.9 Å². The van der Waals surface area contributed by atoms with Crippen LogP contribution < -0.4 is 10.1 Å². The summed E-state index contributed by atoms with van der Waals surface area (Å²) in [6.07, 6.45) is 4.12. The predicted octanol–water partition coefficient (Wildman–Crippen LogP) is 2.16. The highest BCUT2D eigenvalue weighted by molar-refractivity contribution is 5.29. The van der Waals surface area contributed by atoms with Crippen LogP contribution in [0, 0.1) is 0 Å². The summed E-state index contributed by atoms with van der Waals surface area (Å²) < 4.78 is 5.58. The van der Waals surface area contributed by atoms with Crippen LogP contribution in [0.3, 0.4) is 0 Å². The Hall–Kier alpha value is -1.36. The van der Waals surface area contributed by atoms with Gasteiger partial charge in [0.15, 0.2) is 0 Å². The number of nitrogens with one attached hydrogen (secondary N) is 1.